The first-order chi connectivity index (χ1) is 14.1. The number of ether oxygens (including phenoxy) is 1. The van der Waals surface area contributed by atoms with E-state index in [4.69, 9.17) is 4.74 Å². The topological polar surface area (TPSA) is 59.4 Å². The van der Waals surface area contributed by atoms with Crippen molar-refractivity contribution < 1.29 is 9.53 Å². The van der Waals surface area contributed by atoms with Crippen LogP contribution in [0.15, 0.2) is 24.4 Å². The summed E-state index contributed by atoms with van der Waals surface area (Å²) in [5.74, 6) is 0.116. The lowest BCUT2D eigenvalue weighted by Crippen LogP contribution is -2.49. The Labute approximate surface area is 173 Å². The van der Waals surface area contributed by atoms with Crippen molar-refractivity contribution in [3.05, 3.63) is 30.0 Å². The maximum absolute atomic E-state index is 12.6. The molecule has 0 atom stereocenters. The van der Waals surface area contributed by atoms with Gasteiger partial charge in [-0.2, -0.15) is 5.10 Å². The molecule has 1 aromatic heterocycles. The van der Waals surface area contributed by atoms with Crippen molar-refractivity contribution in [2.45, 2.75) is 52.0 Å². The van der Waals surface area contributed by atoms with Gasteiger partial charge < -0.3 is 15.0 Å². The molecule has 2 saturated heterocycles. The van der Waals surface area contributed by atoms with Crippen LogP contribution in [0, 0.1) is 12.3 Å². The molecule has 1 amide bonds. The molecule has 2 fully saturated rings. The molecule has 2 aliphatic rings. The molecule has 0 unspecified atom stereocenters. The molecule has 1 N–H and O–H groups in total. The summed E-state index contributed by atoms with van der Waals surface area (Å²) in [5, 5.41) is 8.83. The second kappa shape index (κ2) is 9.26. The third-order valence-corrected chi connectivity index (χ3v) is 6.57. The van der Waals surface area contributed by atoms with Gasteiger partial charge in [0.2, 0.25) is 5.91 Å². The molecule has 0 aliphatic carbocycles. The molecule has 0 bridgehead atoms. The summed E-state index contributed by atoms with van der Waals surface area (Å²) in [6.45, 7) is 8.54. The van der Waals surface area contributed by atoms with Crippen molar-refractivity contribution in [3.8, 4) is 0 Å². The fraction of sp³-hybridized carbons (Fsp3) is 0.652. The van der Waals surface area contributed by atoms with Crippen molar-refractivity contribution in [2.24, 2.45) is 5.41 Å². The highest BCUT2D eigenvalue weighted by molar-refractivity contribution is 5.80. The summed E-state index contributed by atoms with van der Waals surface area (Å²) >= 11 is 0. The number of benzene rings is 1. The second-order valence-electron chi connectivity index (χ2n) is 8.91. The van der Waals surface area contributed by atoms with E-state index in [1.165, 1.54) is 37.9 Å². The molecule has 4 rings (SSSR count). The van der Waals surface area contributed by atoms with Crippen molar-refractivity contribution in [1.29, 1.82) is 0 Å². The predicted molar refractivity (Wildman–Crippen MR) is 115 cm³/mol. The number of rotatable bonds is 7. The summed E-state index contributed by atoms with van der Waals surface area (Å²) in [6.07, 6.45) is 8.36. The van der Waals surface area contributed by atoms with E-state index in [2.05, 4.69) is 40.4 Å². The van der Waals surface area contributed by atoms with Crippen LogP contribution in [0.1, 0.15) is 44.1 Å². The summed E-state index contributed by atoms with van der Waals surface area (Å²) in [6, 6.07) is 6.32. The first kappa shape index (κ1) is 20.4. The Balaban J connectivity index is 1.32. The largest absolute Gasteiger partial charge is 0.381 e. The van der Waals surface area contributed by atoms with Crippen LogP contribution < -0.4 is 5.32 Å². The van der Waals surface area contributed by atoms with Gasteiger partial charge in [0, 0.05) is 43.5 Å². The zero-order valence-electron chi connectivity index (χ0n) is 17.7. The Kier molecular flexibility index (Phi) is 6.50. The maximum atomic E-state index is 12.6. The molecule has 29 heavy (non-hydrogen) atoms. The molecule has 6 heteroatoms. The van der Waals surface area contributed by atoms with E-state index in [-0.39, 0.29) is 11.3 Å². The van der Waals surface area contributed by atoms with E-state index in [1.54, 1.807) is 0 Å². The van der Waals surface area contributed by atoms with E-state index in [0.29, 0.717) is 13.0 Å². The highest BCUT2D eigenvalue weighted by Gasteiger charge is 2.35. The highest BCUT2D eigenvalue weighted by Crippen LogP contribution is 2.32. The number of carbonyl (C=O) groups is 1. The van der Waals surface area contributed by atoms with Crippen molar-refractivity contribution in [1.82, 2.24) is 20.0 Å². The number of nitrogens with zero attached hydrogens (tertiary/aromatic N) is 3. The number of carbonyl (C=O) groups excluding carboxylic acids is 1. The Morgan fingerprint density at radius 2 is 2.00 bits per heavy atom. The Morgan fingerprint density at radius 1 is 1.21 bits per heavy atom. The number of likely N-dealkylation sites (tertiary alicyclic amines) is 1. The van der Waals surface area contributed by atoms with E-state index in [9.17, 15) is 4.79 Å². The average molecular weight is 399 g/mol. The van der Waals surface area contributed by atoms with Gasteiger partial charge in [-0.1, -0.05) is 18.6 Å². The van der Waals surface area contributed by atoms with Gasteiger partial charge in [0.15, 0.2) is 0 Å². The molecular weight excluding hydrogens is 364 g/mol. The lowest BCUT2D eigenvalue weighted by atomic mass is 9.79. The van der Waals surface area contributed by atoms with Crippen molar-refractivity contribution in [3.63, 3.8) is 0 Å². The van der Waals surface area contributed by atoms with Gasteiger partial charge in [0.05, 0.1) is 18.3 Å². The van der Waals surface area contributed by atoms with E-state index in [1.807, 2.05) is 10.9 Å². The SMILES string of the molecule is Cc1ccc2cnn(CCC(=O)NCC3(CN4CCCCC4)CCOCC3)c2c1. The Bertz CT molecular complexity index is 819. The van der Waals surface area contributed by atoms with E-state index >= 15 is 0 Å². The van der Waals surface area contributed by atoms with Gasteiger partial charge in [-0.25, -0.2) is 0 Å². The molecule has 2 aromatic rings. The van der Waals surface area contributed by atoms with Crippen molar-refractivity contribution in [2.75, 3.05) is 39.4 Å². The van der Waals surface area contributed by atoms with E-state index < -0.39 is 0 Å². The lowest BCUT2D eigenvalue weighted by molar-refractivity contribution is -0.122. The Hall–Kier alpha value is -1.92. The van der Waals surface area contributed by atoms with E-state index in [0.717, 1.165) is 50.0 Å². The quantitative estimate of drug-likeness (QED) is 0.778. The first-order valence-corrected chi connectivity index (χ1v) is 11.1. The van der Waals surface area contributed by atoms with Crippen LogP contribution >= 0.6 is 0 Å². The van der Waals surface area contributed by atoms with Crippen LogP contribution in [0.2, 0.25) is 0 Å². The number of amides is 1. The minimum atomic E-state index is 0.116. The molecule has 0 spiro atoms. The minimum absolute atomic E-state index is 0.116. The molecule has 158 valence electrons. The number of aromatic nitrogens is 2. The van der Waals surface area contributed by atoms with Crippen molar-refractivity contribution >= 4 is 16.8 Å². The van der Waals surface area contributed by atoms with Gasteiger partial charge in [0.1, 0.15) is 0 Å². The summed E-state index contributed by atoms with van der Waals surface area (Å²) in [7, 11) is 0. The average Bonchev–Trinajstić information content (AvgIpc) is 3.14. The molecule has 0 saturated carbocycles. The zero-order chi connectivity index (χ0) is 20.1. The molecule has 0 radical (unpaired) electrons. The van der Waals surface area contributed by atoms with Crippen LogP contribution in [-0.2, 0) is 16.1 Å². The van der Waals surface area contributed by atoms with Gasteiger partial charge in [-0.15, -0.1) is 0 Å². The van der Waals surface area contributed by atoms with Gasteiger partial charge in [-0.3, -0.25) is 9.48 Å². The molecule has 1 aromatic carbocycles. The number of aryl methyl sites for hydroxylation is 2. The molecular formula is C23H34N4O2. The van der Waals surface area contributed by atoms with Gasteiger partial charge in [0.25, 0.3) is 0 Å². The fourth-order valence-corrected chi connectivity index (χ4v) is 4.73. The van der Waals surface area contributed by atoms with Crippen LogP contribution in [0.25, 0.3) is 10.9 Å². The standard InChI is InChI=1S/C23H34N4O2/c1-19-5-6-20-16-25-27(21(20)15-19)12-7-22(28)24-17-23(8-13-29-14-9-23)18-26-10-3-2-4-11-26/h5-6,15-16H,2-4,7-14,17-18H2,1H3,(H,24,28). The third-order valence-electron chi connectivity index (χ3n) is 6.57. The second-order valence-corrected chi connectivity index (χ2v) is 8.91. The monoisotopic (exact) mass is 398 g/mol. The van der Waals surface area contributed by atoms with Gasteiger partial charge >= 0.3 is 0 Å². The van der Waals surface area contributed by atoms with Crippen LogP contribution in [0.3, 0.4) is 0 Å². The number of nitrogens with one attached hydrogen (secondary N) is 1. The smallest absolute Gasteiger partial charge is 0.221 e. The highest BCUT2D eigenvalue weighted by atomic mass is 16.5. The summed E-state index contributed by atoms with van der Waals surface area (Å²) < 4.78 is 7.57. The Morgan fingerprint density at radius 3 is 2.79 bits per heavy atom. The summed E-state index contributed by atoms with van der Waals surface area (Å²) in [5.41, 5.74) is 2.47. The minimum Gasteiger partial charge on any atom is -0.381 e. The lowest BCUT2D eigenvalue weighted by Gasteiger charge is -2.42. The number of hydrogen-bond acceptors (Lipinski definition) is 4. The zero-order valence-corrected chi connectivity index (χ0v) is 17.7. The maximum Gasteiger partial charge on any atom is 0.221 e. The number of fused-ring (bicyclic) bond motifs is 1. The normalized spacial score (nSPS) is 20.0. The predicted octanol–water partition coefficient (Wildman–Crippen LogP) is 3.13. The van der Waals surface area contributed by atoms with Crippen LogP contribution in [0.5, 0.6) is 0 Å². The molecule has 6 nitrogen and oxygen atoms in total. The first-order valence-electron chi connectivity index (χ1n) is 11.1. The summed E-state index contributed by atoms with van der Waals surface area (Å²) in [4.78, 5) is 15.2. The molecule has 2 aliphatic heterocycles. The fourth-order valence-electron chi connectivity index (χ4n) is 4.73. The third kappa shape index (κ3) is 5.17. The molecule has 3 heterocycles. The van der Waals surface area contributed by atoms with Crippen LogP contribution in [-0.4, -0.2) is 60.0 Å². The number of piperidine rings is 1. The van der Waals surface area contributed by atoms with Gasteiger partial charge in [-0.05, 0) is 57.3 Å². The van der Waals surface area contributed by atoms with Crippen LogP contribution in [0.4, 0.5) is 0 Å². The number of hydrogen-bond donors (Lipinski definition) is 1.